The van der Waals surface area contributed by atoms with Crippen molar-refractivity contribution >= 4 is 16.1 Å². The number of carbonyl (C=O) groups is 1. The van der Waals surface area contributed by atoms with Crippen molar-refractivity contribution in [3.8, 4) is 0 Å². The molecule has 1 aromatic carbocycles. The second-order valence-electron chi connectivity index (χ2n) is 7.76. The first kappa shape index (κ1) is 19.9. The number of hydrogen-bond acceptors (Lipinski definition) is 3. The highest BCUT2D eigenvalue weighted by Gasteiger charge is 2.30. The molecule has 1 aliphatic rings. The van der Waals surface area contributed by atoms with Crippen LogP contribution in [0.2, 0.25) is 0 Å². The number of nitrogens with zero attached hydrogens (tertiary/aromatic N) is 2. The molecule has 0 unspecified atom stereocenters. The molecule has 2 rings (SSSR count). The molecule has 0 bridgehead atoms. The van der Waals surface area contributed by atoms with Crippen molar-refractivity contribution in [1.29, 1.82) is 0 Å². The van der Waals surface area contributed by atoms with Crippen molar-refractivity contribution in [1.82, 2.24) is 13.9 Å². The number of hydrogen-bond donors (Lipinski definition) is 1. The Bertz CT molecular complexity index is 698. The Morgan fingerprint density at radius 2 is 1.64 bits per heavy atom. The third kappa shape index (κ3) is 4.80. The van der Waals surface area contributed by atoms with Crippen molar-refractivity contribution in [2.75, 3.05) is 27.2 Å². The molecule has 0 radical (unpaired) electrons. The average Bonchev–Trinajstić information content (AvgIpc) is 2.54. The van der Waals surface area contributed by atoms with Crippen LogP contribution in [0, 0.1) is 0 Å². The Hall–Kier alpha value is -1.44. The third-order valence-corrected chi connectivity index (χ3v) is 6.53. The molecule has 0 aliphatic carbocycles. The second-order valence-corrected chi connectivity index (χ2v) is 9.91. The van der Waals surface area contributed by atoms with Gasteiger partial charge in [0.1, 0.15) is 0 Å². The highest BCUT2D eigenvalue weighted by atomic mass is 32.2. The molecule has 0 aromatic heterocycles. The first-order valence-corrected chi connectivity index (χ1v) is 10.0. The molecule has 0 atom stereocenters. The second kappa shape index (κ2) is 7.43. The summed E-state index contributed by atoms with van der Waals surface area (Å²) < 4.78 is 26.9. The summed E-state index contributed by atoms with van der Waals surface area (Å²) in [5, 5.41) is 3.02. The van der Waals surface area contributed by atoms with E-state index in [1.54, 1.807) is 0 Å². The Morgan fingerprint density at radius 1 is 1.12 bits per heavy atom. The predicted octanol–water partition coefficient (Wildman–Crippen LogP) is 1.98. The lowest BCUT2D eigenvalue weighted by molar-refractivity contribution is 0.0923. The van der Waals surface area contributed by atoms with Crippen LogP contribution >= 0.6 is 0 Å². The molecule has 1 amide bonds. The van der Waals surface area contributed by atoms with Crippen molar-refractivity contribution in [3.05, 3.63) is 35.4 Å². The first-order valence-electron chi connectivity index (χ1n) is 8.61. The summed E-state index contributed by atoms with van der Waals surface area (Å²) in [6, 6.07) is 7.68. The van der Waals surface area contributed by atoms with Crippen molar-refractivity contribution in [3.63, 3.8) is 0 Å². The maximum atomic E-state index is 12.4. The van der Waals surface area contributed by atoms with E-state index >= 15 is 0 Å². The maximum Gasteiger partial charge on any atom is 0.281 e. The quantitative estimate of drug-likeness (QED) is 0.885. The average molecular weight is 368 g/mol. The van der Waals surface area contributed by atoms with E-state index in [1.165, 1.54) is 28.3 Å². The molecule has 0 spiro atoms. The molecule has 1 aromatic rings. The Morgan fingerprint density at radius 3 is 2.08 bits per heavy atom. The van der Waals surface area contributed by atoms with Crippen molar-refractivity contribution in [2.45, 2.75) is 45.1 Å². The monoisotopic (exact) mass is 367 g/mol. The van der Waals surface area contributed by atoms with Gasteiger partial charge in [-0.1, -0.05) is 32.9 Å². The van der Waals surface area contributed by atoms with Gasteiger partial charge in [-0.3, -0.25) is 4.79 Å². The molecule has 1 aliphatic heterocycles. The van der Waals surface area contributed by atoms with Crippen molar-refractivity contribution < 1.29 is 13.2 Å². The summed E-state index contributed by atoms with van der Waals surface area (Å²) >= 11 is 0. The van der Waals surface area contributed by atoms with Gasteiger partial charge in [-0.25, -0.2) is 0 Å². The van der Waals surface area contributed by atoms with Gasteiger partial charge in [-0.2, -0.15) is 17.0 Å². The third-order valence-electron chi connectivity index (χ3n) is 4.59. The van der Waals surface area contributed by atoms with Gasteiger partial charge in [0.2, 0.25) is 0 Å². The van der Waals surface area contributed by atoms with E-state index in [4.69, 9.17) is 0 Å². The normalized spacial score (nSPS) is 17.7. The number of rotatable bonds is 4. The van der Waals surface area contributed by atoms with Crippen LogP contribution in [-0.2, 0) is 15.6 Å². The van der Waals surface area contributed by atoms with Gasteiger partial charge in [0.15, 0.2) is 0 Å². The first-order chi connectivity index (χ1) is 11.5. The summed E-state index contributed by atoms with van der Waals surface area (Å²) in [6.07, 6.45) is 1.25. The molecule has 7 heteroatoms. The molecule has 0 saturated carbocycles. The van der Waals surface area contributed by atoms with Crippen LogP contribution in [-0.4, -0.2) is 56.2 Å². The summed E-state index contributed by atoms with van der Waals surface area (Å²) in [7, 11) is -0.304. The zero-order valence-corrected chi connectivity index (χ0v) is 16.6. The van der Waals surface area contributed by atoms with Crippen LogP contribution in [0.15, 0.2) is 24.3 Å². The number of piperidine rings is 1. The standard InChI is InChI=1S/C18H29N3O3S/c1-18(2,3)15-8-6-14(7-9-15)17(22)19-16-10-12-21(13-11-16)25(23,24)20(4)5/h6-9,16H,10-13H2,1-5H3,(H,19,22). The maximum absolute atomic E-state index is 12.4. The fourth-order valence-corrected chi connectivity index (χ4v) is 3.99. The minimum atomic E-state index is -3.37. The summed E-state index contributed by atoms with van der Waals surface area (Å²) in [5.74, 6) is -0.102. The van der Waals surface area contributed by atoms with Gasteiger partial charge in [-0.05, 0) is 36.0 Å². The SMILES string of the molecule is CN(C)S(=O)(=O)N1CCC(NC(=O)c2ccc(C(C)(C)C)cc2)CC1. The lowest BCUT2D eigenvalue weighted by Crippen LogP contribution is -2.49. The molecule has 25 heavy (non-hydrogen) atoms. The van der Waals surface area contributed by atoms with Crippen LogP contribution in [0.1, 0.15) is 49.5 Å². The fraction of sp³-hybridized carbons (Fsp3) is 0.611. The lowest BCUT2D eigenvalue weighted by Gasteiger charge is -2.33. The topological polar surface area (TPSA) is 69.7 Å². The minimum Gasteiger partial charge on any atom is -0.349 e. The molecular weight excluding hydrogens is 338 g/mol. The highest BCUT2D eigenvalue weighted by Crippen LogP contribution is 2.22. The van der Waals surface area contributed by atoms with Gasteiger partial charge in [0.25, 0.3) is 16.1 Å². The van der Waals surface area contributed by atoms with Gasteiger partial charge >= 0.3 is 0 Å². The van der Waals surface area contributed by atoms with E-state index in [1.807, 2.05) is 24.3 Å². The van der Waals surface area contributed by atoms with Crippen LogP contribution in [0.25, 0.3) is 0 Å². The van der Waals surface area contributed by atoms with Crippen LogP contribution in [0.5, 0.6) is 0 Å². The molecule has 1 saturated heterocycles. The highest BCUT2D eigenvalue weighted by molar-refractivity contribution is 7.86. The largest absolute Gasteiger partial charge is 0.349 e. The molecule has 6 nitrogen and oxygen atoms in total. The predicted molar refractivity (Wildman–Crippen MR) is 99.8 cm³/mol. The van der Waals surface area contributed by atoms with Gasteiger partial charge in [0.05, 0.1) is 0 Å². The minimum absolute atomic E-state index is 0.00315. The Kier molecular flexibility index (Phi) is 5.91. The zero-order valence-electron chi connectivity index (χ0n) is 15.7. The number of nitrogens with one attached hydrogen (secondary N) is 1. The summed E-state index contributed by atoms with van der Waals surface area (Å²) in [4.78, 5) is 12.4. The summed E-state index contributed by atoms with van der Waals surface area (Å²) in [6.45, 7) is 7.26. The molecule has 1 fully saturated rings. The van der Waals surface area contributed by atoms with Crippen LogP contribution in [0.3, 0.4) is 0 Å². The van der Waals surface area contributed by atoms with E-state index in [-0.39, 0.29) is 17.4 Å². The Labute approximate surface area is 151 Å². The van der Waals surface area contributed by atoms with Gasteiger partial charge in [-0.15, -0.1) is 0 Å². The van der Waals surface area contributed by atoms with E-state index < -0.39 is 10.2 Å². The molecular formula is C18H29N3O3S. The Balaban J connectivity index is 1.93. The molecule has 1 N–H and O–H groups in total. The van der Waals surface area contributed by atoms with Crippen LogP contribution < -0.4 is 5.32 Å². The fourth-order valence-electron chi connectivity index (χ4n) is 2.85. The van der Waals surface area contributed by atoms with E-state index in [0.717, 1.165) is 0 Å². The number of carbonyl (C=O) groups excluding carboxylic acids is 1. The molecule has 1 heterocycles. The van der Waals surface area contributed by atoms with Crippen LogP contribution in [0.4, 0.5) is 0 Å². The number of amides is 1. The molecule has 140 valence electrons. The zero-order chi connectivity index (χ0) is 18.8. The van der Waals surface area contributed by atoms with E-state index in [2.05, 4.69) is 26.1 Å². The van der Waals surface area contributed by atoms with Crippen molar-refractivity contribution in [2.24, 2.45) is 0 Å². The van der Waals surface area contributed by atoms with E-state index in [9.17, 15) is 13.2 Å². The number of benzene rings is 1. The smallest absolute Gasteiger partial charge is 0.281 e. The van der Waals surface area contributed by atoms with E-state index in [0.29, 0.717) is 31.5 Å². The summed E-state index contributed by atoms with van der Waals surface area (Å²) in [5.41, 5.74) is 1.88. The lowest BCUT2D eigenvalue weighted by atomic mass is 9.86. The van der Waals surface area contributed by atoms with Gasteiger partial charge < -0.3 is 5.32 Å². The van der Waals surface area contributed by atoms with Gasteiger partial charge in [0, 0.05) is 38.8 Å².